The maximum absolute atomic E-state index is 4.83. The molecular weight excluding hydrogens is 609 g/mol. The van der Waals surface area contributed by atoms with Gasteiger partial charge in [-0.1, -0.05) is 97.1 Å². The highest BCUT2D eigenvalue weighted by atomic mass is 15.0. The van der Waals surface area contributed by atoms with Crippen LogP contribution in [0.4, 0.5) is 0 Å². The fraction of sp³-hybridized carbons (Fsp3) is 0.0435. The van der Waals surface area contributed by atoms with Gasteiger partial charge in [-0.15, -0.1) is 0 Å². The molecule has 9 aromatic rings. The molecular formula is C46H30N4. The normalized spacial score (nSPS) is 13.5. The van der Waals surface area contributed by atoms with Gasteiger partial charge in [0.15, 0.2) is 0 Å². The second-order valence-corrected chi connectivity index (χ2v) is 13.5. The molecule has 0 saturated carbocycles. The van der Waals surface area contributed by atoms with Crippen LogP contribution in [0, 0.1) is 0 Å². The predicted molar refractivity (Wildman–Crippen MR) is 206 cm³/mol. The van der Waals surface area contributed by atoms with Crippen molar-refractivity contribution in [2.45, 2.75) is 12.8 Å². The van der Waals surface area contributed by atoms with Gasteiger partial charge in [-0.05, 0) is 115 Å². The molecule has 0 N–H and O–H groups in total. The summed E-state index contributed by atoms with van der Waals surface area (Å²) in [6.07, 6.45) is 17.2. The molecule has 0 amide bonds. The first-order valence-electron chi connectivity index (χ1n) is 17.2. The number of fused-ring (bicyclic) bond motifs is 4. The standard InChI is InChI=1S/C46H30N4/c1-3-21-49-27-41(47-43(49)11-1)31-17-13-29(14-18-31)35-23-33-7-5-10-38-40-26-36(24-34-8-6-9-37(46(34)40)39(25-35)45(33)38)30-15-19-32(20-16-30)42-28-50-22-4-2-12-44(50)48-42/h1-9,11-25,27-28H,10,26H2. The highest BCUT2D eigenvalue weighted by Gasteiger charge is 2.24. The average molecular weight is 639 g/mol. The minimum atomic E-state index is 0.923. The van der Waals surface area contributed by atoms with E-state index in [1.54, 1.807) is 0 Å². The van der Waals surface area contributed by atoms with Gasteiger partial charge in [-0.3, -0.25) is 0 Å². The van der Waals surface area contributed by atoms with Crippen molar-refractivity contribution in [2.75, 3.05) is 0 Å². The van der Waals surface area contributed by atoms with Crippen LogP contribution in [0.5, 0.6) is 0 Å². The van der Waals surface area contributed by atoms with Gasteiger partial charge >= 0.3 is 0 Å². The summed E-state index contributed by atoms with van der Waals surface area (Å²) in [7, 11) is 0. The Morgan fingerprint density at radius 3 is 1.82 bits per heavy atom. The Bertz CT molecular complexity index is 2830. The molecule has 0 bridgehead atoms. The van der Waals surface area contributed by atoms with Crippen molar-refractivity contribution in [3.63, 3.8) is 0 Å². The number of imidazole rings is 2. The Morgan fingerprint density at radius 2 is 1.14 bits per heavy atom. The van der Waals surface area contributed by atoms with Crippen LogP contribution in [-0.4, -0.2) is 18.8 Å². The lowest BCUT2D eigenvalue weighted by molar-refractivity contribution is 1.19. The van der Waals surface area contributed by atoms with Gasteiger partial charge in [0, 0.05) is 35.9 Å². The van der Waals surface area contributed by atoms with E-state index in [9.17, 15) is 0 Å². The third kappa shape index (κ3) is 4.18. The van der Waals surface area contributed by atoms with E-state index >= 15 is 0 Å². The van der Waals surface area contributed by atoms with E-state index in [1.165, 1.54) is 66.1 Å². The summed E-state index contributed by atoms with van der Waals surface area (Å²) in [5.41, 5.74) is 16.8. The molecule has 0 atom stereocenters. The Morgan fingerprint density at radius 1 is 0.500 bits per heavy atom. The van der Waals surface area contributed by atoms with Crippen LogP contribution in [-0.2, 0) is 12.8 Å². The smallest absolute Gasteiger partial charge is 0.137 e. The zero-order chi connectivity index (χ0) is 32.8. The molecule has 11 rings (SSSR count). The van der Waals surface area contributed by atoms with Crippen molar-refractivity contribution in [3.05, 3.63) is 174 Å². The summed E-state index contributed by atoms with van der Waals surface area (Å²) in [5, 5.41) is 5.49. The maximum Gasteiger partial charge on any atom is 0.137 e. The fourth-order valence-corrected chi connectivity index (χ4v) is 8.24. The molecule has 4 aromatic heterocycles. The highest BCUT2D eigenvalue weighted by molar-refractivity contribution is 6.18. The molecule has 234 valence electrons. The maximum atomic E-state index is 4.83. The second-order valence-electron chi connectivity index (χ2n) is 13.5. The number of pyridine rings is 2. The van der Waals surface area contributed by atoms with E-state index in [0.29, 0.717) is 0 Å². The Kier molecular flexibility index (Phi) is 5.75. The Balaban J connectivity index is 0.995. The molecule has 0 fully saturated rings. The number of benzene rings is 5. The summed E-state index contributed by atoms with van der Waals surface area (Å²) in [4.78, 5) is 9.66. The minimum absolute atomic E-state index is 0.923. The molecule has 0 radical (unpaired) electrons. The predicted octanol–water partition coefficient (Wildman–Crippen LogP) is 11.0. The van der Waals surface area contributed by atoms with Gasteiger partial charge in [-0.25, -0.2) is 9.97 Å². The van der Waals surface area contributed by atoms with Gasteiger partial charge in [0.05, 0.1) is 11.4 Å². The Hall–Kier alpha value is -6.52. The van der Waals surface area contributed by atoms with E-state index in [-0.39, 0.29) is 0 Å². The molecule has 2 aliphatic carbocycles. The van der Waals surface area contributed by atoms with E-state index in [4.69, 9.17) is 9.97 Å². The van der Waals surface area contributed by atoms with Crippen molar-refractivity contribution in [1.29, 1.82) is 0 Å². The molecule has 0 aliphatic heterocycles. The van der Waals surface area contributed by atoms with Crippen LogP contribution in [0.3, 0.4) is 0 Å². The molecule has 0 spiro atoms. The first kappa shape index (κ1) is 27.4. The Labute approximate surface area is 288 Å². The minimum Gasteiger partial charge on any atom is -0.306 e. The second kappa shape index (κ2) is 10.5. The van der Waals surface area contributed by atoms with Crippen LogP contribution in [0.1, 0.15) is 27.8 Å². The van der Waals surface area contributed by atoms with Crippen LogP contribution < -0.4 is 0 Å². The topological polar surface area (TPSA) is 34.6 Å². The quantitative estimate of drug-likeness (QED) is 0.180. The average Bonchev–Trinajstić information content (AvgIpc) is 3.82. The van der Waals surface area contributed by atoms with E-state index in [2.05, 4.69) is 118 Å². The summed E-state index contributed by atoms with van der Waals surface area (Å²) in [6.45, 7) is 0. The first-order chi connectivity index (χ1) is 24.7. The molecule has 4 heteroatoms. The molecule has 4 heterocycles. The lowest BCUT2D eigenvalue weighted by Gasteiger charge is -2.26. The number of allylic oxidation sites excluding steroid dienone is 2. The lowest BCUT2D eigenvalue weighted by Crippen LogP contribution is -2.07. The van der Waals surface area contributed by atoms with E-state index < -0.39 is 0 Å². The zero-order valence-electron chi connectivity index (χ0n) is 27.2. The number of nitrogens with zero attached hydrogens (tertiary/aromatic N) is 4. The number of hydrogen-bond acceptors (Lipinski definition) is 2. The molecule has 2 aliphatic rings. The van der Waals surface area contributed by atoms with Crippen molar-refractivity contribution < 1.29 is 0 Å². The van der Waals surface area contributed by atoms with Gasteiger partial charge in [-0.2, -0.15) is 0 Å². The van der Waals surface area contributed by atoms with Crippen LogP contribution >= 0.6 is 0 Å². The first-order valence-corrected chi connectivity index (χ1v) is 17.2. The third-order valence-corrected chi connectivity index (χ3v) is 10.6. The van der Waals surface area contributed by atoms with E-state index in [1.807, 2.05) is 48.8 Å². The molecule has 0 saturated heterocycles. The largest absolute Gasteiger partial charge is 0.306 e. The van der Waals surface area contributed by atoms with Crippen LogP contribution in [0.25, 0.3) is 84.2 Å². The van der Waals surface area contributed by atoms with Gasteiger partial charge in [0.2, 0.25) is 0 Å². The van der Waals surface area contributed by atoms with Gasteiger partial charge in [0.25, 0.3) is 0 Å². The van der Waals surface area contributed by atoms with Crippen molar-refractivity contribution in [1.82, 2.24) is 18.8 Å². The number of rotatable bonds is 4. The number of hydrogen-bond donors (Lipinski definition) is 0. The number of aromatic nitrogens is 4. The molecule has 0 unspecified atom stereocenters. The SMILES string of the molecule is C1=Cc2cc(-c3ccc(-c4cn5ccccc5n4)cc3)cc3c2c(c2c4c(cccc43)C=C(c3ccc(-c4cn5ccccc5n4)cc3)C2)C1. The summed E-state index contributed by atoms with van der Waals surface area (Å²) in [5.74, 6) is 0. The lowest BCUT2D eigenvalue weighted by atomic mass is 9.77. The fourth-order valence-electron chi connectivity index (χ4n) is 8.24. The summed E-state index contributed by atoms with van der Waals surface area (Å²) < 4.78 is 4.15. The molecule has 4 nitrogen and oxygen atoms in total. The highest BCUT2D eigenvalue weighted by Crippen LogP contribution is 2.45. The summed E-state index contributed by atoms with van der Waals surface area (Å²) in [6, 6.07) is 41.7. The monoisotopic (exact) mass is 638 g/mol. The zero-order valence-corrected chi connectivity index (χ0v) is 27.2. The molecule has 5 aromatic carbocycles. The molecule has 50 heavy (non-hydrogen) atoms. The summed E-state index contributed by atoms with van der Waals surface area (Å²) >= 11 is 0. The van der Waals surface area contributed by atoms with Gasteiger partial charge in [0.1, 0.15) is 11.3 Å². The van der Waals surface area contributed by atoms with Crippen molar-refractivity contribution in [3.8, 4) is 33.6 Å². The van der Waals surface area contributed by atoms with Crippen LogP contribution in [0.2, 0.25) is 0 Å². The van der Waals surface area contributed by atoms with Crippen molar-refractivity contribution >= 4 is 50.6 Å². The third-order valence-electron chi connectivity index (χ3n) is 10.6. The van der Waals surface area contributed by atoms with Crippen molar-refractivity contribution in [2.24, 2.45) is 0 Å². The van der Waals surface area contributed by atoms with E-state index in [0.717, 1.165) is 46.7 Å². The van der Waals surface area contributed by atoms with Crippen LogP contribution in [0.15, 0.2) is 146 Å². The van der Waals surface area contributed by atoms with Gasteiger partial charge < -0.3 is 8.80 Å².